The number of rotatable bonds is 4. The Morgan fingerprint density at radius 2 is 1.71 bits per heavy atom. The van der Waals surface area contributed by atoms with E-state index in [1.165, 1.54) is 0 Å². The van der Waals surface area contributed by atoms with Gasteiger partial charge in [0.1, 0.15) is 0 Å². The van der Waals surface area contributed by atoms with Crippen LogP contribution in [0.25, 0.3) is 0 Å². The molecule has 2 aliphatic heterocycles. The number of halogens is 1. The predicted molar refractivity (Wildman–Crippen MR) is 140 cm³/mol. The molecule has 6 rings (SSSR count). The van der Waals surface area contributed by atoms with Gasteiger partial charge in [-0.3, -0.25) is 4.72 Å². The second-order valence-electron chi connectivity index (χ2n) is 9.43. The third-order valence-electron chi connectivity index (χ3n) is 6.95. The fourth-order valence-electron chi connectivity index (χ4n) is 5.47. The van der Waals surface area contributed by atoms with E-state index in [0.29, 0.717) is 5.69 Å². The van der Waals surface area contributed by atoms with Gasteiger partial charge in [0.05, 0.1) is 10.9 Å². The molecule has 0 saturated heterocycles. The summed E-state index contributed by atoms with van der Waals surface area (Å²) in [6.07, 6.45) is 5.29. The molecule has 3 atom stereocenters. The van der Waals surface area contributed by atoms with Gasteiger partial charge in [-0.05, 0) is 90.9 Å². The Morgan fingerprint density at radius 1 is 0.971 bits per heavy atom. The lowest BCUT2D eigenvalue weighted by Crippen LogP contribution is -2.29. The molecule has 2 heterocycles. The summed E-state index contributed by atoms with van der Waals surface area (Å²) >= 11 is 3.72. The predicted octanol–water partition coefficient (Wildman–Crippen LogP) is 6.42. The van der Waals surface area contributed by atoms with Crippen LogP contribution >= 0.6 is 15.9 Å². The van der Waals surface area contributed by atoms with Crippen LogP contribution in [0.4, 0.5) is 11.4 Å². The molecule has 0 unspecified atom stereocenters. The second-order valence-corrected chi connectivity index (χ2v) is 12.0. The van der Waals surface area contributed by atoms with E-state index in [1.54, 1.807) is 6.07 Å². The molecule has 0 spiro atoms. The molecule has 1 aliphatic carbocycles. The molecule has 0 aromatic heterocycles. The maximum atomic E-state index is 13.3. The molecule has 3 aromatic rings. The average molecular weight is 553 g/mol. The Hall–Kier alpha value is -2.97. The van der Waals surface area contributed by atoms with Crippen LogP contribution in [0.1, 0.15) is 40.6 Å². The zero-order valence-electron chi connectivity index (χ0n) is 19.3. The van der Waals surface area contributed by atoms with Crippen molar-refractivity contribution in [3.63, 3.8) is 0 Å². The van der Waals surface area contributed by atoms with Crippen LogP contribution in [-0.4, -0.2) is 15.2 Å². The number of hydrogen-bond acceptors (Lipinski definition) is 5. The van der Waals surface area contributed by atoms with Crippen molar-refractivity contribution in [2.45, 2.75) is 37.1 Å². The maximum absolute atomic E-state index is 13.3. The second kappa shape index (κ2) is 8.31. The topological polar surface area (TPSA) is 76.7 Å². The number of sulfonamides is 1. The first-order valence-corrected chi connectivity index (χ1v) is 13.8. The smallest absolute Gasteiger partial charge is 0.261 e. The van der Waals surface area contributed by atoms with Crippen LogP contribution < -0.4 is 19.5 Å². The number of benzene rings is 3. The average Bonchev–Trinajstić information content (AvgIpc) is 3.46. The molecular weight excluding hydrogens is 528 g/mol. The summed E-state index contributed by atoms with van der Waals surface area (Å²) in [5.41, 5.74) is 5.64. The SMILES string of the molecule is Cc1cc(C)cc(NS(=O)(=O)c2ccc3c(c2)[C@H]2C=CC[C@H]2[C@@H](c2cc4c(cc2Br)OCO4)N3)c1. The molecule has 0 saturated carbocycles. The highest BCUT2D eigenvalue weighted by Crippen LogP contribution is 2.52. The highest BCUT2D eigenvalue weighted by molar-refractivity contribution is 9.10. The van der Waals surface area contributed by atoms with Gasteiger partial charge in [0.25, 0.3) is 10.0 Å². The molecule has 0 radical (unpaired) electrons. The van der Waals surface area contributed by atoms with Crippen molar-refractivity contribution < 1.29 is 17.9 Å². The maximum Gasteiger partial charge on any atom is 0.261 e. The number of ether oxygens (including phenoxy) is 2. The summed E-state index contributed by atoms with van der Waals surface area (Å²) in [7, 11) is -3.73. The van der Waals surface area contributed by atoms with Gasteiger partial charge in [-0.2, -0.15) is 0 Å². The normalized spacial score (nSPS) is 21.9. The van der Waals surface area contributed by atoms with Crippen LogP contribution in [0.15, 0.2) is 70.1 Å². The molecule has 8 heteroatoms. The largest absolute Gasteiger partial charge is 0.454 e. The molecule has 0 fully saturated rings. The van der Waals surface area contributed by atoms with Gasteiger partial charge in [0.2, 0.25) is 6.79 Å². The summed E-state index contributed by atoms with van der Waals surface area (Å²) < 4.78 is 41.4. The first kappa shape index (κ1) is 22.5. The van der Waals surface area contributed by atoms with Crippen molar-refractivity contribution in [2.75, 3.05) is 16.8 Å². The number of allylic oxidation sites excluding steroid dienone is 2. The Balaban J connectivity index is 1.35. The van der Waals surface area contributed by atoms with Crippen LogP contribution in [-0.2, 0) is 10.0 Å². The van der Waals surface area contributed by atoms with Crippen molar-refractivity contribution in [1.29, 1.82) is 0 Å². The zero-order valence-corrected chi connectivity index (χ0v) is 21.7. The Kier molecular flexibility index (Phi) is 5.34. The number of nitrogens with one attached hydrogen (secondary N) is 2. The lowest BCUT2D eigenvalue weighted by Gasteiger charge is -2.38. The van der Waals surface area contributed by atoms with E-state index in [1.807, 2.05) is 56.3 Å². The van der Waals surface area contributed by atoms with E-state index in [-0.39, 0.29) is 29.6 Å². The van der Waals surface area contributed by atoms with Crippen molar-refractivity contribution in [3.8, 4) is 11.5 Å². The van der Waals surface area contributed by atoms with Crippen LogP contribution in [0.5, 0.6) is 11.5 Å². The zero-order chi connectivity index (χ0) is 24.3. The summed E-state index contributed by atoms with van der Waals surface area (Å²) in [5, 5.41) is 3.68. The van der Waals surface area contributed by atoms with Crippen molar-refractivity contribution >= 4 is 37.3 Å². The standard InChI is InChI=1S/C27H25BrN2O4S/c1-15-8-16(2)10-17(9-15)30-35(31,32)18-6-7-24-21(11-18)19-4-3-5-20(19)27(29-24)22-12-25-26(13-23(22)28)34-14-33-25/h3-4,6-13,19-20,27,29-30H,5,14H2,1-2H3/t19-,20+,27-/m0/s1. The van der Waals surface area contributed by atoms with Crippen LogP contribution in [0.2, 0.25) is 0 Å². The van der Waals surface area contributed by atoms with Crippen molar-refractivity contribution in [3.05, 3.63) is 87.4 Å². The van der Waals surface area contributed by atoms with Gasteiger partial charge in [0.15, 0.2) is 11.5 Å². The fraction of sp³-hybridized carbons (Fsp3) is 0.259. The molecule has 35 heavy (non-hydrogen) atoms. The molecule has 0 amide bonds. The molecular formula is C27H25BrN2O4S. The number of anilines is 2. The third-order valence-corrected chi connectivity index (χ3v) is 9.01. The number of fused-ring (bicyclic) bond motifs is 4. The quantitative estimate of drug-likeness (QED) is 0.365. The van der Waals surface area contributed by atoms with E-state index in [9.17, 15) is 8.42 Å². The van der Waals surface area contributed by atoms with E-state index in [0.717, 1.165) is 50.3 Å². The monoisotopic (exact) mass is 552 g/mol. The lowest BCUT2D eigenvalue weighted by molar-refractivity contribution is 0.174. The van der Waals surface area contributed by atoms with Gasteiger partial charge in [-0.15, -0.1) is 0 Å². The van der Waals surface area contributed by atoms with Gasteiger partial charge < -0.3 is 14.8 Å². The molecule has 3 aliphatic rings. The van der Waals surface area contributed by atoms with E-state index in [4.69, 9.17) is 9.47 Å². The van der Waals surface area contributed by atoms with Gasteiger partial charge in [-0.25, -0.2) is 8.42 Å². The lowest BCUT2D eigenvalue weighted by atomic mass is 9.77. The van der Waals surface area contributed by atoms with Gasteiger partial charge in [0, 0.05) is 21.8 Å². The van der Waals surface area contributed by atoms with Crippen LogP contribution in [0, 0.1) is 19.8 Å². The minimum absolute atomic E-state index is 0.0437. The van der Waals surface area contributed by atoms with Crippen molar-refractivity contribution in [2.24, 2.45) is 5.92 Å². The van der Waals surface area contributed by atoms with Gasteiger partial charge >= 0.3 is 0 Å². The molecule has 2 N–H and O–H groups in total. The molecule has 0 bridgehead atoms. The summed E-state index contributed by atoms with van der Waals surface area (Å²) in [4.78, 5) is 0.263. The number of hydrogen-bond donors (Lipinski definition) is 2. The highest BCUT2D eigenvalue weighted by atomic mass is 79.9. The third kappa shape index (κ3) is 3.98. The van der Waals surface area contributed by atoms with E-state index < -0.39 is 10.0 Å². The van der Waals surface area contributed by atoms with Crippen LogP contribution in [0.3, 0.4) is 0 Å². The van der Waals surface area contributed by atoms with E-state index >= 15 is 0 Å². The molecule has 3 aromatic carbocycles. The minimum atomic E-state index is -3.73. The highest BCUT2D eigenvalue weighted by Gasteiger charge is 2.39. The Morgan fingerprint density at radius 3 is 2.49 bits per heavy atom. The minimum Gasteiger partial charge on any atom is -0.454 e. The first-order chi connectivity index (χ1) is 16.8. The Bertz CT molecular complexity index is 1460. The molecule has 6 nitrogen and oxygen atoms in total. The Labute approximate surface area is 213 Å². The summed E-state index contributed by atoms with van der Waals surface area (Å²) in [5.74, 6) is 1.86. The fourth-order valence-corrected chi connectivity index (χ4v) is 7.11. The van der Waals surface area contributed by atoms with Gasteiger partial charge in [-0.1, -0.05) is 34.1 Å². The first-order valence-electron chi connectivity index (χ1n) is 11.6. The summed E-state index contributed by atoms with van der Waals surface area (Å²) in [6, 6.07) is 15.1. The van der Waals surface area contributed by atoms with E-state index in [2.05, 4.69) is 38.1 Å². The molecule has 180 valence electrons. The summed E-state index contributed by atoms with van der Waals surface area (Å²) in [6.45, 7) is 4.14. The van der Waals surface area contributed by atoms with Crippen molar-refractivity contribution in [1.82, 2.24) is 0 Å². The number of aryl methyl sites for hydroxylation is 2.